The molecule has 0 bridgehead atoms. The quantitative estimate of drug-likeness (QED) is 0.133. The summed E-state index contributed by atoms with van der Waals surface area (Å²) in [4.78, 5) is 21.7. The summed E-state index contributed by atoms with van der Waals surface area (Å²) in [7, 11) is 0. The number of rotatable bonds is 14. The van der Waals surface area contributed by atoms with Crippen molar-refractivity contribution in [1.82, 2.24) is 15.3 Å². The molecule has 0 fully saturated rings. The molecule has 0 aliphatic carbocycles. The Hall–Kier alpha value is -4.58. The minimum absolute atomic E-state index is 0.207. The van der Waals surface area contributed by atoms with Gasteiger partial charge in [-0.1, -0.05) is 69.0 Å². The molecule has 1 aromatic heterocycles. The number of aromatic nitrogens is 2. The lowest BCUT2D eigenvalue weighted by molar-refractivity contribution is -0.0647. The van der Waals surface area contributed by atoms with Gasteiger partial charge in [-0.2, -0.15) is 5.26 Å². The van der Waals surface area contributed by atoms with E-state index in [1.54, 1.807) is 12.4 Å². The number of benzene rings is 3. The lowest BCUT2D eigenvalue weighted by Gasteiger charge is -2.21. The number of nitrogens with one attached hydrogen (secondary N) is 1. The van der Waals surface area contributed by atoms with Crippen LogP contribution in [-0.4, -0.2) is 45.0 Å². The molecule has 216 valence electrons. The van der Waals surface area contributed by atoms with Crippen LogP contribution in [0, 0.1) is 11.3 Å². The minimum Gasteiger partial charge on any atom is -0.494 e. The second-order valence-corrected chi connectivity index (χ2v) is 10.2. The van der Waals surface area contributed by atoms with Crippen molar-refractivity contribution in [2.75, 3.05) is 6.61 Å². The molecule has 4 aromatic rings. The molecular formula is C34H36N4O4. The van der Waals surface area contributed by atoms with Crippen molar-refractivity contribution in [2.45, 2.75) is 57.8 Å². The summed E-state index contributed by atoms with van der Waals surface area (Å²) in [6.07, 6.45) is 8.07. The van der Waals surface area contributed by atoms with Crippen LogP contribution in [0.2, 0.25) is 0 Å². The van der Waals surface area contributed by atoms with E-state index in [1.165, 1.54) is 49.9 Å². The Kier molecular flexibility index (Phi) is 11.2. The fourth-order valence-corrected chi connectivity index (χ4v) is 4.49. The number of carbonyl (C=O) groups is 1. The normalized spacial score (nSPS) is 11.6. The standard InChI is InChI=1S/C34H36N4O4/c1-2-3-4-5-6-19-42-30-17-15-26(16-18-30)29-22-36-32(37-23-29)27-11-7-24(8-12-27)20-31(34(40)41)38-33(39)28-13-9-25(21-35)10-14-28/h7-18,22-23,31,34,40-41H,2-6,19-20H2,1H3,(H,38,39)/t31-/m0/s1. The Morgan fingerprint density at radius 1 is 0.857 bits per heavy atom. The topological polar surface area (TPSA) is 128 Å². The van der Waals surface area contributed by atoms with Crippen molar-refractivity contribution in [3.63, 3.8) is 0 Å². The van der Waals surface area contributed by atoms with Crippen LogP contribution >= 0.6 is 0 Å². The highest BCUT2D eigenvalue weighted by Crippen LogP contribution is 2.24. The number of hydrogen-bond donors (Lipinski definition) is 3. The Morgan fingerprint density at radius 2 is 1.50 bits per heavy atom. The minimum atomic E-state index is -1.75. The Labute approximate surface area is 246 Å². The van der Waals surface area contributed by atoms with E-state index in [9.17, 15) is 15.0 Å². The summed E-state index contributed by atoms with van der Waals surface area (Å²) in [5.74, 6) is 0.973. The zero-order chi connectivity index (χ0) is 29.7. The van der Waals surface area contributed by atoms with Crippen LogP contribution in [0.15, 0.2) is 85.2 Å². The molecule has 0 aliphatic heterocycles. The molecule has 8 heteroatoms. The second-order valence-electron chi connectivity index (χ2n) is 10.2. The van der Waals surface area contributed by atoms with E-state index in [1.807, 2.05) is 54.6 Å². The third-order valence-electron chi connectivity index (χ3n) is 6.98. The number of aliphatic hydroxyl groups is 2. The molecule has 0 saturated heterocycles. The lowest BCUT2D eigenvalue weighted by Crippen LogP contribution is -2.44. The predicted molar refractivity (Wildman–Crippen MR) is 161 cm³/mol. The number of nitrogens with zero attached hydrogens (tertiary/aromatic N) is 3. The summed E-state index contributed by atoms with van der Waals surface area (Å²) in [5, 5.41) is 31.3. The predicted octanol–water partition coefficient (Wildman–Crippen LogP) is 5.68. The third kappa shape index (κ3) is 8.71. The van der Waals surface area contributed by atoms with Crippen molar-refractivity contribution in [1.29, 1.82) is 5.26 Å². The van der Waals surface area contributed by atoms with Crippen LogP contribution in [0.3, 0.4) is 0 Å². The molecule has 42 heavy (non-hydrogen) atoms. The number of ether oxygens (including phenoxy) is 1. The average molecular weight is 565 g/mol. The lowest BCUT2D eigenvalue weighted by atomic mass is 10.0. The van der Waals surface area contributed by atoms with Gasteiger partial charge in [-0.15, -0.1) is 0 Å². The summed E-state index contributed by atoms with van der Waals surface area (Å²) in [5.41, 5.74) is 4.29. The van der Waals surface area contributed by atoms with Crippen LogP contribution in [0.5, 0.6) is 5.75 Å². The molecule has 1 amide bonds. The van der Waals surface area contributed by atoms with Gasteiger partial charge in [0.1, 0.15) is 5.75 Å². The van der Waals surface area contributed by atoms with Crippen LogP contribution in [0.1, 0.15) is 60.5 Å². The van der Waals surface area contributed by atoms with Gasteiger partial charge < -0.3 is 20.3 Å². The Bertz CT molecular complexity index is 1450. The van der Waals surface area contributed by atoms with E-state index < -0.39 is 18.2 Å². The van der Waals surface area contributed by atoms with Crippen molar-refractivity contribution >= 4 is 5.91 Å². The number of aliphatic hydroxyl groups excluding tert-OH is 1. The molecule has 3 N–H and O–H groups in total. The van der Waals surface area contributed by atoms with E-state index in [4.69, 9.17) is 10.00 Å². The fraction of sp³-hybridized carbons (Fsp3) is 0.294. The van der Waals surface area contributed by atoms with Crippen molar-refractivity contribution in [3.05, 3.63) is 102 Å². The van der Waals surface area contributed by atoms with Gasteiger partial charge in [-0.3, -0.25) is 4.79 Å². The van der Waals surface area contributed by atoms with Crippen LogP contribution in [0.4, 0.5) is 0 Å². The number of amides is 1. The van der Waals surface area contributed by atoms with Crippen LogP contribution < -0.4 is 10.1 Å². The smallest absolute Gasteiger partial charge is 0.251 e. The maximum Gasteiger partial charge on any atom is 0.251 e. The van der Waals surface area contributed by atoms with E-state index in [-0.39, 0.29) is 6.42 Å². The Morgan fingerprint density at radius 3 is 2.12 bits per heavy atom. The van der Waals surface area contributed by atoms with Crippen molar-refractivity contribution < 1.29 is 19.7 Å². The second kappa shape index (κ2) is 15.4. The molecule has 8 nitrogen and oxygen atoms in total. The Balaban J connectivity index is 1.32. The van der Waals surface area contributed by atoms with Gasteiger partial charge in [0.2, 0.25) is 0 Å². The first kappa shape index (κ1) is 30.4. The van der Waals surface area contributed by atoms with E-state index in [0.29, 0.717) is 17.0 Å². The zero-order valence-electron chi connectivity index (χ0n) is 23.7. The summed E-state index contributed by atoms with van der Waals surface area (Å²) < 4.78 is 5.86. The van der Waals surface area contributed by atoms with Gasteiger partial charge in [0.25, 0.3) is 5.91 Å². The first-order chi connectivity index (χ1) is 20.5. The van der Waals surface area contributed by atoms with Gasteiger partial charge in [-0.25, -0.2) is 9.97 Å². The maximum atomic E-state index is 12.6. The molecule has 0 unspecified atom stereocenters. The summed E-state index contributed by atoms with van der Waals surface area (Å²) in [6.45, 7) is 2.94. The third-order valence-corrected chi connectivity index (χ3v) is 6.98. The highest BCUT2D eigenvalue weighted by molar-refractivity contribution is 5.94. The molecule has 3 aromatic carbocycles. The SMILES string of the molecule is CCCCCCCOc1ccc(-c2cnc(-c3ccc(C[C@H](NC(=O)c4ccc(C#N)cc4)C(O)O)cc3)nc2)cc1. The molecular weight excluding hydrogens is 528 g/mol. The average Bonchev–Trinajstić information content (AvgIpc) is 3.03. The van der Waals surface area contributed by atoms with Gasteiger partial charge in [0.15, 0.2) is 12.1 Å². The highest BCUT2D eigenvalue weighted by Gasteiger charge is 2.21. The first-order valence-electron chi connectivity index (χ1n) is 14.3. The molecule has 0 saturated carbocycles. The van der Waals surface area contributed by atoms with Gasteiger partial charge >= 0.3 is 0 Å². The highest BCUT2D eigenvalue weighted by atomic mass is 16.5. The number of unbranched alkanes of at least 4 members (excludes halogenated alkanes) is 4. The number of carbonyl (C=O) groups excluding carboxylic acids is 1. The number of hydrogen-bond acceptors (Lipinski definition) is 7. The molecule has 0 spiro atoms. The molecule has 1 heterocycles. The molecule has 0 aliphatic rings. The van der Waals surface area contributed by atoms with Gasteiger partial charge in [0.05, 0.1) is 24.3 Å². The molecule has 0 radical (unpaired) electrons. The fourth-order valence-electron chi connectivity index (χ4n) is 4.49. The van der Waals surface area contributed by atoms with Crippen molar-refractivity contribution in [2.24, 2.45) is 0 Å². The van der Waals surface area contributed by atoms with Crippen LogP contribution in [0.25, 0.3) is 22.5 Å². The summed E-state index contributed by atoms with van der Waals surface area (Å²) in [6, 6.07) is 22.6. The van der Waals surface area contributed by atoms with Gasteiger partial charge in [-0.05, 0) is 60.4 Å². The maximum absolute atomic E-state index is 12.6. The zero-order valence-corrected chi connectivity index (χ0v) is 23.7. The molecule has 1 atom stereocenters. The van der Waals surface area contributed by atoms with Crippen LogP contribution in [-0.2, 0) is 6.42 Å². The number of nitriles is 1. The van der Waals surface area contributed by atoms with Crippen molar-refractivity contribution in [3.8, 4) is 34.3 Å². The largest absolute Gasteiger partial charge is 0.494 e. The summed E-state index contributed by atoms with van der Waals surface area (Å²) >= 11 is 0. The monoisotopic (exact) mass is 564 g/mol. The van der Waals surface area contributed by atoms with E-state index >= 15 is 0 Å². The first-order valence-corrected chi connectivity index (χ1v) is 14.3. The van der Waals surface area contributed by atoms with Gasteiger partial charge in [0, 0.05) is 29.1 Å². The van der Waals surface area contributed by atoms with E-state index in [0.717, 1.165) is 41.0 Å². The molecule has 4 rings (SSSR count). The van der Waals surface area contributed by atoms with E-state index in [2.05, 4.69) is 22.2 Å².